The van der Waals surface area contributed by atoms with Gasteiger partial charge in [0.2, 0.25) is 0 Å². The smallest absolute Gasteiger partial charge is 0.0944 e. The van der Waals surface area contributed by atoms with Gasteiger partial charge >= 0.3 is 0 Å². The van der Waals surface area contributed by atoms with Crippen LogP contribution in [0.3, 0.4) is 0 Å². The Labute approximate surface area is 70.4 Å². The Kier molecular flexibility index (Phi) is 3.78. The maximum atomic E-state index is 5.27. The molecule has 2 aliphatic rings. The Balaban J connectivity index is 0.0000001000. The summed E-state index contributed by atoms with van der Waals surface area (Å²) in [6.07, 6.45) is 0.799. The molecule has 0 radical (unpaired) electrons. The Morgan fingerprint density at radius 1 is 1.00 bits per heavy atom. The SMILES string of the molecule is ClC[C@@H]1CO1.ClC[C@H]1CO1. The van der Waals surface area contributed by atoms with Gasteiger partial charge < -0.3 is 9.47 Å². The second kappa shape index (κ2) is 4.39. The van der Waals surface area contributed by atoms with Gasteiger partial charge in [-0.15, -0.1) is 23.2 Å². The van der Waals surface area contributed by atoms with Gasteiger partial charge in [-0.3, -0.25) is 0 Å². The van der Waals surface area contributed by atoms with Crippen LogP contribution >= 0.6 is 23.2 Å². The minimum Gasteiger partial charge on any atom is -0.372 e. The third-order valence-corrected chi connectivity index (χ3v) is 1.84. The first-order valence-electron chi connectivity index (χ1n) is 3.22. The van der Waals surface area contributed by atoms with Crippen LogP contribution in [0.1, 0.15) is 0 Å². The second-order valence-electron chi connectivity index (χ2n) is 2.22. The molecule has 2 nitrogen and oxygen atoms in total. The van der Waals surface area contributed by atoms with Gasteiger partial charge in [0.25, 0.3) is 0 Å². The molecule has 0 saturated carbocycles. The monoisotopic (exact) mass is 184 g/mol. The van der Waals surface area contributed by atoms with Gasteiger partial charge in [0, 0.05) is 0 Å². The van der Waals surface area contributed by atoms with E-state index in [-0.39, 0.29) is 0 Å². The molecule has 0 aromatic carbocycles. The van der Waals surface area contributed by atoms with E-state index in [0.29, 0.717) is 24.0 Å². The normalized spacial score (nSPS) is 34.2. The molecule has 4 heteroatoms. The number of ether oxygens (including phenoxy) is 2. The fourth-order valence-electron chi connectivity index (χ4n) is 0.314. The van der Waals surface area contributed by atoms with Gasteiger partial charge in [-0.05, 0) is 0 Å². The van der Waals surface area contributed by atoms with Gasteiger partial charge in [0.05, 0.1) is 37.2 Å². The average molecular weight is 185 g/mol. The summed E-state index contributed by atoms with van der Waals surface area (Å²) < 4.78 is 9.45. The number of alkyl halides is 2. The molecule has 0 N–H and O–H groups in total. The zero-order chi connectivity index (χ0) is 7.40. The van der Waals surface area contributed by atoms with E-state index in [1.165, 1.54) is 0 Å². The van der Waals surface area contributed by atoms with Crippen molar-refractivity contribution in [3.63, 3.8) is 0 Å². The molecule has 2 saturated heterocycles. The Bertz CT molecular complexity index is 79.7. The highest BCUT2D eigenvalue weighted by molar-refractivity contribution is 6.18. The number of hydrogen-bond donors (Lipinski definition) is 0. The van der Waals surface area contributed by atoms with Crippen LogP contribution < -0.4 is 0 Å². The molecule has 0 aliphatic carbocycles. The number of epoxide rings is 2. The van der Waals surface area contributed by atoms with Crippen molar-refractivity contribution in [3.05, 3.63) is 0 Å². The van der Waals surface area contributed by atoms with Crippen molar-refractivity contribution < 1.29 is 9.47 Å². The Hall–Kier alpha value is 0.500. The van der Waals surface area contributed by atoms with E-state index in [4.69, 9.17) is 32.7 Å². The zero-order valence-corrected chi connectivity index (χ0v) is 7.07. The first kappa shape index (κ1) is 8.60. The number of hydrogen-bond acceptors (Lipinski definition) is 2. The van der Waals surface area contributed by atoms with Gasteiger partial charge in [-0.25, -0.2) is 0 Å². The van der Waals surface area contributed by atoms with Crippen LogP contribution in [0.4, 0.5) is 0 Å². The molecule has 2 aliphatic heterocycles. The van der Waals surface area contributed by atoms with Gasteiger partial charge in [0.15, 0.2) is 0 Å². The van der Waals surface area contributed by atoms with Crippen molar-refractivity contribution in [1.29, 1.82) is 0 Å². The number of rotatable bonds is 2. The lowest BCUT2D eigenvalue weighted by atomic mass is 10.6. The van der Waals surface area contributed by atoms with E-state index < -0.39 is 0 Å². The van der Waals surface area contributed by atoms with Crippen LogP contribution in [0.25, 0.3) is 0 Å². The molecule has 0 bridgehead atoms. The van der Waals surface area contributed by atoms with Crippen LogP contribution in [-0.2, 0) is 9.47 Å². The summed E-state index contributed by atoms with van der Waals surface area (Å²) in [6.45, 7) is 1.76. The molecule has 10 heavy (non-hydrogen) atoms. The molecule has 0 amide bonds. The second-order valence-corrected chi connectivity index (χ2v) is 2.84. The van der Waals surface area contributed by atoms with E-state index in [1.54, 1.807) is 0 Å². The molecule has 2 fully saturated rings. The summed E-state index contributed by atoms with van der Waals surface area (Å²) >= 11 is 10.5. The van der Waals surface area contributed by atoms with E-state index in [2.05, 4.69) is 0 Å². The Morgan fingerprint density at radius 2 is 1.30 bits per heavy atom. The molecule has 60 valence electrons. The summed E-state index contributed by atoms with van der Waals surface area (Å²) in [5.41, 5.74) is 0. The zero-order valence-electron chi connectivity index (χ0n) is 5.56. The molecule has 2 atom stereocenters. The molecule has 2 rings (SSSR count). The van der Waals surface area contributed by atoms with Crippen molar-refractivity contribution >= 4 is 23.2 Å². The van der Waals surface area contributed by atoms with E-state index in [1.807, 2.05) is 0 Å². The quantitative estimate of drug-likeness (QED) is 0.477. The summed E-state index contributed by atoms with van der Waals surface area (Å²) in [5, 5.41) is 0. The van der Waals surface area contributed by atoms with Crippen molar-refractivity contribution in [2.45, 2.75) is 12.2 Å². The van der Waals surface area contributed by atoms with E-state index >= 15 is 0 Å². The van der Waals surface area contributed by atoms with Gasteiger partial charge in [-0.2, -0.15) is 0 Å². The highest BCUT2D eigenvalue weighted by Gasteiger charge is 2.20. The number of halogens is 2. The van der Waals surface area contributed by atoms with E-state index in [9.17, 15) is 0 Å². The minimum atomic E-state index is 0.400. The van der Waals surface area contributed by atoms with Crippen molar-refractivity contribution in [1.82, 2.24) is 0 Å². The third-order valence-electron chi connectivity index (χ3n) is 1.15. The predicted molar refractivity (Wildman–Crippen MR) is 40.9 cm³/mol. The van der Waals surface area contributed by atoms with Gasteiger partial charge in [0.1, 0.15) is 0 Å². The van der Waals surface area contributed by atoms with Crippen LogP contribution in [0.2, 0.25) is 0 Å². The minimum absolute atomic E-state index is 0.400. The van der Waals surface area contributed by atoms with E-state index in [0.717, 1.165) is 13.2 Å². The largest absolute Gasteiger partial charge is 0.372 e. The molecule has 0 aromatic heterocycles. The summed E-state index contributed by atoms with van der Waals surface area (Å²) in [7, 11) is 0. The lowest BCUT2D eigenvalue weighted by molar-refractivity contribution is 0.425. The van der Waals surface area contributed by atoms with Gasteiger partial charge in [-0.1, -0.05) is 0 Å². The van der Waals surface area contributed by atoms with Crippen LogP contribution in [0.5, 0.6) is 0 Å². The van der Waals surface area contributed by atoms with Crippen LogP contribution in [-0.4, -0.2) is 37.2 Å². The summed E-state index contributed by atoms with van der Waals surface area (Å²) in [5.74, 6) is 1.33. The van der Waals surface area contributed by atoms with Crippen LogP contribution in [0, 0.1) is 0 Å². The summed E-state index contributed by atoms with van der Waals surface area (Å²) in [6, 6.07) is 0. The Morgan fingerprint density at radius 3 is 1.30 bits per heavy atom. The highest BCUT2D eigenvalue weighted by Crippen LogP contribution is 2.09. The molecular weight excluding hydrogens is 175 g/mol. The van der Waals surface area contributed by atoms with Crippen molar-refractivity contribution in [3.8, 4) is 0 Å². The molecule has 0 aromatic rings. The molecule has 2 heterocycles. The fraction of sp³-hybridized carbons (Fsp3) is 1.00. The molecule has 0 spiro atoms. The average Bonchev–Trinajstić information content (AvgIpc) is 2.86. The summed E-state index contributed by atoms with van der Waals surface area (Å²) in [4.78, 5) is 0. The third kappa shape index (κ3) is 4.34. The lowest BCUT2D eigenvalue weighted by Crippen LogP contribution is -1.80. The first-order valence-corrected chi connectivity index (χ1v) is 4.29. The van der Waals surface area contributed by atoms with Crippen molar-refractivity contribution in [2.75, 3.05) is 25.0 Å². The lowest BCUT2D eigenvalue weighted by Gasteiger charge is -1.67. The topological polar surface area (TPSA) is 25.1 Å². The van der Waals surface area contributed by atoms with Crippen LogP contribution in [0.15, 0.2) is 0 Å². The standard InChI is InChI=1S/2C3H5ClO/c2*4-1-3-2-5-3/h2*3H,1-2H2/t2*3-/m10/s1. The predicted octanol–water partition coefficient (Wildman–Crippen LogP) is 1.25. The molecule has 0 unspecified atom stereocenters. The molecular formula is C6H10Cl2O2. The van der Waals surface area contributed by atoms with Crippen molar-refractivity contribution in [2.24, 2.45) is 0 Å². The first-order chi connectivity index (χ1) is 4.86. The maximum absolute atomic E-state index is 5.27. The fourth-order valence-corrected chi connectivity index (χ4v) is 0.671. The highest BCUT2D eigenvalue weighted by atomic mass is 35.5. The maximum Gasteiger partial charge on any atom is 0.0944 e.